The molecule has 3 rings (SSSR count). The van der Waals surface area contributed by atoms with Gasteiger partial charge >= 0.3 is 0 Å². The number of nitrogens with zero attached hydrogens (tertiary/aromatic N) is 1. The number of benzene rings is 2. The van der Waals surface area contributed by atoms with Crippen molar-refractivity contribution >= 4 is 22.4 Å². The fourth-order valence-electron chi connectivity index (χ4n) is 2.21. The number of aromatic nitrogens is 1. The lowest BCUT2D eigenvalue weighted by molar-refractivity contribution is 0.102. The van der Waals surface area contributed by atoms with E-state index < -0.39 is 0 Å². The largest absolute Gasteiger partial charge is 0.507 e. The molecule has 0 aliphatic carbocycles. The van der Waals surface area contributed by atoms with Gasteiger partial charge in [-0.1, -0.05) is 24.3 Å². The molecule has 0 saturated carbocycles. The Labute approximate surface area is 122 Å². The Morgan fingerprint density at radius 1 is 1.14 bits per heavy atom. The van der Waals surface area contributed by atoms with E-state index in [1.54, 1.807) is 30.6 Å². The Bertz CT molecular complexity index is 828. The lowest BCUT2D eigenvalue weighted by Crippen LogP contribution is -2.13. The second-order valence-electron chi connectivity index (χ2n) is 4.86. The standard InChI is InChI=1S/C17H14N2O2/c1-11-10-18-7-6-15(11)19-17(21)14-8-12-4-2-3-5-13(12)9-16(14)20/h2-10,20H,1H3,(H,18,19,21). The first-order valence-electron chi connectivity index (χ1n) is 6.59. The van der Waals surface area contributed by atoms with Crippen molar-refractivity contribution < 1.29 is 9.90 Å². The molecule has 0 atom stereocenters. The molecule has 0 fully saturated rings. The van der Waals surface area contributed by atoms with Gasteiger partial charge in [0.1, 0.15) is 5.75 Å². The fourth-order valence-corrected chi connectivity index (χ4v) is 2.21. The Morgan fingerprint density at radius 3 is 2.57 bits per heavy atom. The zero-order valence-electron chi connectivity index (χ0n) is 11.5. The first kappa shape index (κ1) is 13.1. The molecular weight excluding hydrogens is 264 g/mol. The smallest absolute Gasteiger partial charge is 0.259 e. The van der Waals surface area contributed by atoms with Crippen LogP contribution in [-0.2, 0) is 0 Å². The van der Waals surface area contributed by atoms with Gasteiger partial charge in [-0.25, -0.2) is 0 Å². The van der Waals surface area contributed by atoms with Crippen LogP contribution in [0.5, 0.6) is 5.75 Å². The highest BCUT2D eigenvalue weighted by atomic mass is 16.3. The lowest BCUT2D eigenvalue weighted by Gasteiger charge is -2.10. The van der Waals surface area contributed by atoms with Gasteiger partial charge in [-0.15, -0.1) is 0 Å². The molecule has 0 bridgehead atoms. The van der Waals surface area contributed by atoms with Crippen LogP contribution in [0.2, 0.25) is 0 Å². The average Bonchev–Trinajstić information content (AvgIpc) is 2.49. The summed E-state index contributed by atoms with van der Waals surface area (Å²) in [6.45, 7) is 1.86. The maximum Gasteiger partial charge on any atom is 0.259 e. The summed E-state index contributed by atoms with van der Waals surface area (Å²) in [6.07, 6.45) is 3.29. The van der Waals surface area contributed by atoms with Crippen molar-refractivity contribution in [2.24, 2.45) is 0 Å². The van der Waals surface area contributed by atoms with Crippen molar-refractivity contribution in [1.29, 1.82) is 0 Å². The van der Waals surface area contributed by atoms with Crippen molar-refractivity contribution in [3.63, 3.8) is 0 Å². The molecule has 1 aromatic heterocycles. The van der Waals surface area contributed by atoms with Crippen molar-refractivity contribution in [3.8, 4) is 5.75 Å². The number of hydrogen-bond acceptors (Lipinski definition) is 3. The molecule has 0 unspecified atom stereocenters. The minimum absolute atomic E-state index is 0.0297. The van der Waals surface area contributed by atoms with Gasteiger partial charge in [-0.05, 0) is 41.5 Å². The van der Waals surface area contributed by atoms with Crippen molar-refractivity contribution in [2.75, 3.05) is 5.32 Å². The molecule has 0 radical (unpaired) electrons. The molecule has 0 saturated heterocycles. The molecule has 2 N–H and O–H groups in total. The molecular formula is C17H14N2O2. The predicted molar refractivity (Wildman–Crippen MR) is 82.5 cm³/mol. The Balaban J connectivity index is 1.98. The van der Waals surface area contributed by atoms with E-state index in [-0.39, 0.29) is 17.2 Å². The van der Waals surface area contributed by atoms with Crippen LogP contribution in [-0.4, -0.2) is 16.0 Å². The molecule has 4 heteroatoms. The lowest BCUT2D eigenvalue weighted by atomic mass is 10.1. The Hall–Kier alpha value is -2.88. The molecule has 1 amide bonds. The summed E-state index contributed by atoms with van der Waals surface area (Å²) in [5.41, 5.74) is 1.80. The SMILES string of the molecule is Cc1cnccc1NC(=O)c1cc2ccccc2cc1O. The first-order valence-corrected chi connectivity index (χ1v) is 6.59. The number of rotatable bonds is 2. The number of nitrogens with one attached hydrogen (secondary N) is 1. The molecule has 0 spiro atoms. The number of anilines is 1. The minimum Gasteiger partial charge on any atom is -0.507 e. The number of carbonyl (C=O) groups excluding carboxylic acids is 1. The number of carbonyl (C=O) groups is 1. The molecule has 0 aliphatic rings. The van der Waals surface area contributed by atoms with E-state index in [4.69, 9.17) is 0 Å². The van der Waals surface area contributed by atoms with Crippen LogP contribution < -0.4 is 5.32 Å². The van der Waals surface area contributed by atoms with Gasteiger partial charge in [0.2, 0.25) is 0 Å². The van der Waals surface area contributed by atoms with Crippen LogP contribution in [0, 0.1) is 6.92 Å². The number of hydrogen-bond donors (Lipinski definition) is 2. The second kappa shape index (κ2) is 5.25. The van der Waals surface area contributed by atoms with Crippen molar-refractivity contribution in [3.05, 3.63) is 66.0 Å². The normalized spacial score (nSPS) is 10.5. The summed E-state index contributed by atoms with van der Waals surface area (Å²) < 4.78 is 0. The second-order valence-corrected chi connectivity index (χ2v) is 4.86. The first-order chi connectivity index (χ1) is 10.1. The van der Waals surface area contributed by atoms with Gasteiger partial charge in [-0.2, -0.15) is 0 Å². The van der Waals surface area contributed by atoms with E-state index in [2.05, 4.69) is 10.3 Å². The van der Waals surface area contributed by atoms with Crippen molar-refractivity contribution in [1.82, 2.24) is 4.98 Å². The number of aryl methyl sites for hydroxylation is 1. The zero-order chi connectivity index (χ0) is 14.8. The molecule has 21 heavy (non-hydrogen) atoms. The molecule has 2 aromatic carbocycles. The predicted octanol–water partition coefficient (Wildman–Crippen LogP) is 3.50. The van der Waals surface area contributed by atoms with Gasteiger partial charge < -0.3 is 10.4 Å². The van der Waals surface area contributed by atoms with Crippen LogP contribution in [0.1, 0.15) is 15.9 Å². The quantitative estimate of drug-likeness (QED) is 0.754. The number of pyridine rings is 1. The summed E-state index contributed by atoms with van der Waals surface area (Å²) in [5, 5.41) is 14.7. The fraction of sp³-hybridized carbons (Fsp3) is 0.0588. The van der Waals surface area contributed by atoms with Gasteiger partial charge in [0.05, 0.1) is 5.56 Å². The number of fused-ring (bicyclic) bond motifs is 1. The summed E-state index contributed by atoms with van der Waals surface area (Å²) >= 11 is 0. The third-order valence-electron chi connectivity index (χ3n) is 3.38. The Kier molecular flexibility index (Phi) is 3.28. The molecule has 0 aliphatic heterocycles. The highest BCUT2D eigenvalue weighted by molar-refractivity contribution is 6.08. The van der Waals surface area contributed by atoms with E-state index >= 15 is 0 Å². The molecule has 1 heterocycles. The topological polar surface area (TPSA) is 62.2 Å². The van der Waals surface area contributed by atoms with Gasteiger partial charge in [-0.3, -0.25) is 9.78 Å². The van der Waals surface area contributed by atoms with Crippen LogP contribution >= 0.6 is 0 Å². The highest BCUT2D eigenvalue weighted by Crippen LogP contribution is 2.26. The maximum atomic E-state index is 12.3. The van der Waals surface area contributed by atoms with E-state index in [0.29, 0.717) is 5.69 Å². The monoisotopic (exact) mass is 278 g/mol. The number of aromatic hydroxyl groups is 1. The maximum absolute atomic E-state index is 12.3. The molecule has 4 nitrogen and oxygen atoms in total. The number of phenols is 1. The van der Waals surface area contributed by atoms with Crippen molar-refractivity contribution in [2.45, 2.75) is 6.92 Å². The Morgan fingerprint density at radius 2 is 1.86 bits per heavy atom. The third kappa shape index (κ3) is 2.56. The van der Waals surface area contributed by atoms with E-state index in [0.717, 1.165) is 16.3 Å². The highest BCUT2D eigenvalue weighted by Gasteiger charge is 2.13. The molecule has 104 valence electrons. The van der Waals surface area contributed by atoms with Crippen LogP contribution in [0.15, 0.2) is 54.9 Å². The van der Waals surface area contributed by atoms with Crippen LogP contribution in [0.4, 0.5) is 5.69 Å². The third-order valence-corrected chi connectivity index (χ3v) is 3.38. The van der Waals surface area contributed by atoms with E-state index in [1.807, 2.05) is 31.2 Å². The number of phenolic OH excluding ortho intramolecular Hbond substituents is 1. The van der Waals surface area contributed by atoms with Crippen LogP contribution in [0.3, 0.4) is 0 Å². The van der Waals surface area contributed by atoms with Gasteiger partial charge in [0.15, 0.2) is 0 Å². The van der Waals surface area contributed by atoms with E-state index in [1.165, 1.54) is 0 Å². The van der Waals surface area contributed by atoms with E-state index in [9.17, 15) is 9.90 Å². The van der Waals surface area contributed by atoms with Gasteiger partial charge in [0.25, 0.3) is 5.91 Å². The summed E-state index contributed by atoms with van der Waals surface area (Å²) in [5.74, 6) is -0.370. The van der Waals surface area contributed by atoms with Gasteiger partial charge in [0, 0.05) is 18.1 Å². The van der Waals surface area contributed by atoms with Crippen LogP contribution in [0.25, 0.3) is 10.8 Å². The molecule has 3 aromatic rings. The summed E-state index contributed by atoms with van der Waals surface area (Å²) in [7, 11) is 0. The summed E-state index contributed by atoms with van der Waals surface area (Å²) in [6, 6.07) is 12.6. The number of amides is 1. The summed E-state index contributed by atoms with van der Waals surface area (Å²) in [4.78, 5) is 16.3. The average molecular weight is 278 g/mol. The minimum atomic E-state index is -0.340. The zero-order valence-corrected chi connectivity index (χ0v) is 11.5.